The van der Waals surface area contributed by atoms with Crippen molar-refractivity contribution in [3.63, 3.8) is 0 Å². The van der Waals surface area contributed by atoms with Crippen LogP contribution in [0.1, 0.15) is 41.4 Å². The van der Waals surface area contributed by atoms with Crippen LogP contribution in [0.3, 0.4) is 0 Å². The van der Waals surface area contributed by atoms with Gasteiger partial charge in [-0.05, 0) is 31.0 Å². The average Bonchev–Trinajstić information content (AvgIpc) is 3.52. The Labute approximate surface area is 196 Å². The number of aliphatic hydroxyl groups excluding tert-OH is 1. The number of hydrogen-bond acceptors (Lipinski definition) is 7. The predicted molar refractivity (Wildman–Crippen MR) is 115 cm³/mol. The number of halogens is 3. The number of alkyl halides is 1. The number of nitrogens with one attached hydrogen (secondary N) is 2. The largest absolute Gasteiger partial charge is 0.481 e. The number of nitrogens with zero attached hydrogens (tertiary/aromatic N) is 4. The first-order chi connectivity index (χ1) is 16.7. The molecule has 5 rings (SSSR count). The predicted octanol–water partition coefficient (Wildman–Crippen LogP) is 2.19. The Morgan fingerprint density at radius 2 is 1.97 bits per heavy atom. The van der Waals surface area contributed by atoms with Gasteiger partial charge in [-0.1, -0.05) is 0 Å². The maximum absolute atomic E-state index is 14.5. The smallest absolute Gasteiger partial charge is 0.306 e. The van der Waals surface area contributed by atoms with Crippen LogP contribution in [0.2, 0.25) is 0 Å². The van der Waals surface area contributed by atoms with Crippen molar-refractivity contribution in [2.24, 2.45) is 5.92 Å². The van der Waals surface area contributed by atoms with Crippen LogP contribution >= 0.6 is 0 Å². The van der Waals surface area contributed by atoms with E-state index in [4.69, 9.17) is 0 Å². The summed E-state index contributed by atoms with van der Waals surface area (Å²) in [5, 5.41) is 29.3. The lowest BCUT2D eigenvalue weighted by Crippen LogP contribution is -2.32. The van der Waals surface area contributed by atoms with Crippen LogP contribution in [-0.4, -0.2) is 72.0 Å². The Bertz CT molecular complexity index is 1300. The van der Waals surface area contributed by atoms with Crippen LogP contribution in [0, 0.1) is 17.6 Å². The highest BCUT2D eigenvalue weighted by Crippen LogP contribution is 2.37. The number of likely N-dealkylation sites (tertiary alicyclic amines) is 1. The van der Waals surface area contributed by atoms with Gasteiger partial charge in [0.1, 0.15) is 30.0 Å². The summed E-state index contributed by atoms with van der Waals surface area (Å²) in [5.74, 6) is -3.84. The van der Waals surface area contributed by atoms with Gasteiger partial charge in [0.25, 0.3) is 5.91 Å². The van der Waals surface area contributed by atoms with E-state index >= 15 is 0 Å². The van der Waals surface area contributed by atoms with Gasteiger partial charge in [0.2, 0.25) is 0 Å². The Morgan fingerprint density at radius 3 is 2.71 bits per heavy atom. The molecular weight excluding hydrogens is 469 g/mol. The second-order valence-electron chi connectivity index (χ2n) is 8.81. The van der Waals surface area contributed by atoms with Gasteiger partial charge < -0.3 is 20.4 Å². The van der Waals surface area contributed by atoms with Crippen molar-refractivity contribution in [1.82, 2.24) is 25.1 Å². The Hall–Kier alpha value is -3.74. The van der Waals surface area contributed by atoms with E-state index in [1.54, 1.807) is 0 Å². The number of aromatic amines is 1. The van der Waals surface area contributed by atoms with Crippen molar-refractivity contribution < 1.29 is 33.0 Å². The van der Waals surface area contributed by atoms with Crippen LogP contribution in [0.25, 0.3) is 11.0 Å². The summed E-state index contributed by atoms with van der Waals surface area (Å²) in [6.45, 7) is -0.341. The van der Waals surface area contributed by atoms with Crippen molar-refractivity contribution in [3.05, 3.63) is 47.4 Å². The highest BCUT2D eigenvalue weighted by molar-refractivity contribution is 6.08. The van der Waals surface area contributed by atoms with Gasteiger partial charge in [0, 0.05) is 12.0 Å². The van der Waals surface area contributed by atoms with E-state index < -0.39 is 53.8 Å². The van der Waals surface area contributed by atoms with Crippen LogP contribution in [-0.2, 0) is 4.79 Å². The number of rotatable bonds is 5. The molecule has 0 radical (unpaired) electrons. The van der Waals surface area contributed by atoms with Gasteiger partial charge in [0.05, 0.1) is 36.0 Å². The maximum atomic E-state index is 14.5. The lowest BCUT2D eigenvalue weighted by atomic mass is 10.0. The minimum Gasteiger partial charge on any atom is -0.481 e. The van der Waals surface area contributed by atoms with Gasteiger partial charge in [0.15, 0.2) is 11.3 Å². The van der Waals surface area contributed by atoms with Crippen molar-refractivity contribution >= 4 is 28.7 Å². The molecule has 13 heteroatoms. The number of aliphatic carboxylic acids is 1. The Balaban J connectivity index is 1.48. The Morgan fingerprint density at radius 1 is 1.17 bits per heavy atom. The first-order valence-corrected chi connectivity index (χ1v) is 11.0. The first kappa shape index (κ1) is 23.0. The topological polar surface area (TPSA) is 144 Å². The number of aromatic nitrogens is 4. The fraction of sp³-hybridized carbons (Fsp3) is 0.409. The third-order valence-corrected chi connectivity index (χ3v) is 6.59. The van der Waals surface area contributed by atoms with E-state index in [0.29, 0.717) is 0 Å². The summed E-state index contributed by atoms with van der Waals surface area (Å²) in [6, 6.07) is 1.11. The fourth-order valence-corrected chi connectivity index (χ4v) is 4.88. The highest BCUT2D eigenvalue weighted by Gasteiger charge is 2.41. The van der Waals surface area contributed by atoms with E-state index in [1.165, 1.54) is 6.33 Å². The number of H-pyrrole nitrogens is 1. The summed E-state index contributed by atoms with van der Waals surface area (Å²) in [4.78, 5) is 34.1. The molecule has 0 bridgehead atoms. The molecule has 1 aliphatic carbocycles. The molecule has 1 saturated carbocycles. The molecule has 1 aliphatic heterocycles. The molecule has 5 atom stereocenters. The summed E-state index contributed by atoms with van der Waals surface area (Å²) >= 11 is 0. The van der Waals surface area contributed by atoms with Crippen molar-refractivity contribution in [2.75, 3.05) is 11.9 Å². The molecule has 0 spiro atoms. The summed E-state index contributed by atoms with van der Waals surface area (Å²) in [6.07, 6.45) is -1.22. The fourth-order valence-electron chi connectivity index (χ4n) is 4.88. The second kappa shape index (κ2) is 8.80. The number of carbonyl (C=O) groups excluding carboxylic acids is 1. The van der Waals surface area contributed by atoms with Gasteiger partial charge in [-0.15, -0.1) is 0 Å². The third-order valence-electron chi connectivity index (χ3n) is 6.59. The maximum Gasteiger partial charge on any atom is 0.306 e. The molecule has 1 amide bonds. The molecule has 10 nitrogen and oxygen atoms in total. The number of benzene rings is 1. The number of anilines is 1. The van der Waals surface area contributed by atoms with Crippen molar-refractivity contribution in [1.29, 1.82) is 0 Å². The van der Waals surface area contributed by atoms with Crippen LogP contribution in [0.5, 0.6) is 0 Å². The van der Waals surface area contributed by atoms with Crippen LogP contribution < -0.4 is 5.32 Å². The quantitative estimate of drug-likeness (QED) is 0.426. The summed E-state index contributed by atoms with van der Waals surface area (Å²) in [5.41, 5.74) is -0.124. The molecule has 3 heterocycles. The van der Waals surface area contributed by atoms with Crippen LogP contribution in [0.15, 0.2) is 24.5 Å². The number of carboxylic acid groups (broad SMARTS) is 1. The number of hydrogen-bond donors (Lipinski definition) is 4. The van der Waals surface area contributed by atoms with Gasteiger partial charge >= 0.3 is 5.97 Å². The molecule has 35 heavy (non-hydrogen) atoms. The molecule has 1 aromatic carbocycles. The van der Waals surface area contributed by atoms with Crippen molar-refractivity contribution in [3.8, 4) is 0 Å². The minimum absolute atomic E-state index is 0.0605. The van der Waals surface area contributed by atoms with E-state index in [0.717, 1.165) is 23.1 Å². The standard InChI is InChI=1S/C22H21F3N6O4/c23-10-1-2-13(25)12(5-10)15-6-11(24)7-31(15)21(33)18-17-19(26-8-27-20(17)30-29-18)28-14-3-9(22(34)35)4-16(14)32/h1-2,5,8-9,11,14-16,32H,3-4,6-7H2,(H,34,35)(H2,26,27,28,29,30)/t9-,11+,14-,15-,16-/m1/s1. The highest BCUT2D eigenvalue weighted by atomic mass is 19.1. The average molecular weight is 490 g/mol. The molecular formula is C22H21F3N6O4. The summed E-state index contributed by atoms with van der Waals surface area (Å²) in [7, 11) is 0. The molecule has 4 N–H and O–H groups in total. The number of aliphatic hydroxyl groups is 1. The zero-order chi connectivity index (χ0) is 24.9. The van der Waals surface area contributed by atoms with Crippen molar-refractivity contribution in [2.45, 2.75) is 43.6 Å². The number of fused-ring (bicyclic) bond motifs is 1. The lowest BCUT2D eigenvalue weighted by molar-refractivity contribution is -0.141. The van der Waals surface area contributed by atoms with E-state index in [2.05, 4.69) is 25.5 Å². The van der Waals surface area contributed by atoms with E-state index in [9.17, 15) is 33.0 Å². The van der Waals surface area contributed by atoms with Gasteiger partial charge in [-0.2, -0.15) is 5.10 Å². The summed E-state index contributed by atoms with van der Waals surface area (Å²) < 4.78 is 42.7. The SMILES string of the molecule is O=C(O)[C@H]1C[C@@H](O)[C@H](Nc2ncnc3[nH]nc(C(=O)N4C[C@@H](F)C[C@@H]4c4cc(F)ccc4F)c23)C1. The molecule has 1 saturated heterocycles. The number of carbonyl (C=O) groups is 2. The molecule has 2 aromatic heterocycles. The normalized spacial score (nSPS) is 26.4. The second-order valence-corrected chi connectivity index (χ2v) is 8.81. The molecule has 0 unspecified atom stereocenters. The third kappa shape index (κ3) is 4.16. The van der Waals surface area contributed by atoms with Gasteiger partial charge in [-0.25, -0.2) is 23.1 Å². The molecule has 2 fully saturated rings. The van der Waals surface area contributed by atoms with Gasteiger partial charge in [-0.3, -0.25) is 14.7 Å². The molecule has 184 valence electrons. The zero-order valence-corrected chi connectivity index (χ0v) is 18.2. The minimum atomic E-state index is -1.45. The lowest BCUT2D eigenvalue weighted by Gasteiger charge is -2.24. The zero-order valence-electron chi connectivity index (χ0n) is 18.2. The number of amides is 1. The number of carboxylic acids is 1. The van der Waals surface area contributed by atoms with E-state index in [-0.39, 0.29) is 53.9 Å². The molecule has 3 aromatic rings. The monoisotopic (exact) mass is 490 g/mol. The van der Waals surface area contributed by atoms with E-state index in [1.807, 2.05) is 0 Å². The molecule has 2 aliphatic rings. The Kier molecular flexibility index (Phi) is 5.79. The van der Waals surface area contributed by atoms with Crippen LogP contribution in [0.4, 0.5) is 19.0 Å². The first-order valence-electron chi connectivity index (χ1n) is 11.0.